The first-order valence-corrected chi connectivity index (χ1v) is 7.95. The highest BCUT2D eigenvalue weighted by atomic mass is 16.2. The number of piperidine rings is 1. The summed E-state index contributed by atoms with van der Waals surface area (Å²) in [5.41, 5.74) is -0.158. The average molecular weight is 267 g/mol. The summed E-state index contributed by atoms with van der Waals surface area (Å²) in [6, 6.07) is 0.790. The van der Waals surface area contributed by atoms with Crippen LogP contribution in [0.15, 0.2) is 0 Å². The van der Waals surface area contributed by atoms with Gasteiger partial charge in [0.2, 0.25) is 5.91 Å². The molecule has 0 bridgehead atoms. The third kappa shape index (κ3) is 3.69. The highest BCUT2D eigenvalue weighted by Crippen LogP contribution is 2.30. The molecule has 1 aliphatic carbocycles. The van der Waals surface area contributed by atoms with Crippen LogP contribution in [0, 0.1) is 5.41 Å². The van der Waals surface area contributed by atoms with Crippen LogP contribution in [0.2, 0.25) is 0 Å². The van der Waals surface area contributed by atoms with Crippen LogP contribution in [0.4, 0.5) is 0 Å². The third-order valence-electron chi connectivity index (χ3n) is 4.78. The van der Waals surface area contributed by atoms with Gasteiger partial charge in [-0.3, -0.25) is 9.69 Å². The fraction of sp³-hybridized carbons (Fsp3) is 0.933. The molecule has 1 atom stereocenters. The van der Waals surface area contributed by atoms with Crippen LogP contribution in [-0.4, -0.2) is 49.6 Å². The Hall–Kier alpha value is -0.610. The first-order chi connectivity index (χ1) is 9.22. The number of nitrogens with zero attached hydrogens (tertiary/aromatic N) is 1. The summed E-state index contributed by atoms with van der Waals surface area (Å²) in [6.07, 6.45) is 5.76. The van der Waals surface area contributed by atoms with Gasteiger partial charge in [0.05, 0.1) is 5.41 Å². The number of rotatable bonds is 7. The van der Waals surface area contributed by atoms with Gasteiger partial charge >= 0.3 is 0 Å². The van der Waals surface area contributed by atoms with Crippen molar-refractivity contribution in [2.45, 2.75) is 52.0 Å². The standard InChI is InChI=1S/C15H29N3O/c1-3-15(8-5-9-16-12-15)14(19)17-10-11-18(4-2)13-6-7-13/h13,16H,3-12H2,1-2H3,(H,17,19). The number of likely N-dealkylation sites (N-methyl/N-ethyl adjacent to an activating group) is 1. The van der Waals surface area contributed by atoms with Crippen molar-refractivity contribution in [3.63, 3.8) is 0 Å². The molecule has 1 unspecified atom stereocenters. The van der Waals surface area contributed by atoms with E-state index in [0.717, 1.165) is 58.0 Å². The third-order valence-corrected chi connectivity index (χ3v) is 4.78. The number of amides is 1. The molecule has 0 aromatic rings. The van der Waals surface area contributed by atoms with E-state index < -0.39 is 0 Å². The smallest absolute Gasteiger partial charge is 0.227 e. The fourth-order valence-electron chi connectivity index (χ4n) is 3.16. The molecule has 1 amide bonds. The maximum Gasteiger partial charge on any atom is 0.227 e. The molecule has 1 saturated carbocycles. The van der Waals surface area contributed by atoms with E-state index in [2.05, 4.69) is 29.4 Å². The lowest BCUT2D eigenvalue weighted by Crippen LogP contribution is -2.51. The number of hydrogen-bond donors (Lipinski definition) is 2. The molecule has 2 aliphatic rings. The van der Waals surface area contributed by atoms with Gasteiger partial charge in [0.25, 0.3) is 0 Å². The van der Waals surface area contributed by atoms with Gasteiger partial charge in [-0.05, 0) is 45.2 Å². The molecule has 19 heavy (non-hydrogen) atoms. The number of carbonyl (C=O) groups excluding carboxylic acids is 1. The van der Waals surface area contributed by atoms with Crippen molar-refractivity contribution in [2.24, 2.45) is 5.41 Å². The second-order valence-electron chi connectivity index (χ2n) is 6.03. The second kappa shape index (κ2) is 6.71. The van der Waals surface area contributed by atoms with Crippen molar-refractivity contribution >= 4 is 5.91 Å². The molecule has 4 nitrogen and oxygen atoms in total. The monoisotopic (exact) mass is 267 g/mol. The van der Waals surface area contributed by atoms with Crippen molar-refractivity contribution in [3.8, 4) is 0 Å². The summed E-state index contributed by atoms with van der Waals surface area (Å²) in [5.74, 6) is 0.258. The Morgan fingerprint density at radius 2 is 2.21 bits per heavy atom. The van der Waals surface area contributed by atoms with E-state index in [4.69, 9.17) is 0 Å². The van der Waals surface area contributed by atoms with E-state index in [-0.39, 0.29) is 11.3 Å². The van der Waals surface area contributed by atoms with Crippen molar-refractivity contribution < 1.29 is 4.79 Å². The van der Waals surface area contributed by atoms with Gasteiger partial charge in [-0.1, -0.05) is 13.8 Å². The zero-order valence-corrected chi connectivity index (χ0v) is 12.5. The lowest BCUT2D eigenvalue weighted by atomic mass is 9.77. The van der Waals surface area contributed by atoms with Crippen molar-refractivity contribution in [3.05, 3.63) is 0 Å². The normalized spacial score (nSPS) is 27.5. The van der Waals surface area contributed by atoms with Gasteiger partial charge in [0, 0.05) is 25.7 Å². The van der Waals surface area contributed by atoms with E-state index >= 15 is 0 Å². The molecule has 1 heterocycles. The van der Waals surface area contributed by atoms with E-state index in [1.54, 1.807) is 0 Å². The molecule has 2 fully saturated rings. The van der Waals surface area contributed by atoms with Crippen LogP contribution >= 0.6 is 0 Å². The van der Waals surface area contributed by atoms with Crippen molar-refractivity contribution in [1.82, 2.24) is 15.5 Å². The molecular formula is C15H29N3O. The average Bonchev–Trinajstić information content (AvgIpc) is 3.28. The van der Waals surface area contributed by atoms with Gasteiger partial charge in [0.15, 0.2) is 0 Å². The largest absolute Gasteiger partial charge is 0.354 e. The van der Waals surface area contributed by atoms with Crippen LogP contribution in [-0.2, 0) is 4.79 Å². The van der Waals surface area contributed by atoms with Gasteiger partial charge in [-0.25, -0.2) is 0 Å². The molecule has 2 rings (SSSR count). The maximum atomic E-state index is 12.4. The Labute approximate surface area is 117 Å². The van der Waals surface area contributed by atoms with Gasteiger partial charge in [-0.2, -0.15) is 0 Å². The number of carbonyl (C=O) groups is 1. The lowest BCUT2D eigenvalue weighted by Gasteiger charge is -2.35. The topological polar surface area (TPSA) is 44.4 Å². The van der Waals surface area contributed by atoms with Crippen molar-refractivity contribution in [1.29, 1.82) is 0 Å². The van der Waals surface area contributed by atoms with Crippen LogP contribution in [0.25, 0.3) is 0 Å². The molecule has 110 valence electrons. The molecular weight excluding hydrogens is 238 g/mol. The van der Waals surface area contributed by atoms with Crippen LogP contribution in [0.3, 0.4) is 0 Å². The zero-order valence-electron chi connectivity index (χ0n) is 12.5. The summed E-state index contributed by atoms with van der Waals surface area (Å²) < 4.78 is 0. The SMILES string of the molecule is CCN(CCNC(=O)C1(CC)CCCNC1)C1CC1. The molecule has 1 aliphatic heterocycles. The van der Waals surface area contributed by atoms with Gasteiger partial charge in [-0.15, -0.1) is 0 Å². The molecule has 0 spiro atoms. The summed E-state index contributed by atoms with van der Waals surface area (Å²) in [5, 5.41) is 6.55. The highest BCUT2D eigenvalue weighted by Gasteiger charge is 2.37. The van der Waals surface area contributed by atoms with Gasteiger partial charge in [0.1, 0.15) is 0 Å². The Kier molecular flexibility index (Phi) is 5.22. The zero-order chi connectivity index (χ0) is 13.7. The van der Waals surface area contributed by atoms with E-state index in [1.807, 2.05) is 0 Å². The van der Waals surface area contributed by atoms with E-state index in [0.29, 0.717) is 0 Å². The molecule has 0 aromatic carbocycles. The Balaban J connectivity index is 1.75. The van der Waals surface area contributed by atoms with Crippen LogP contribution in [0.1, 0.15) is 46.0 Å². The predicted molar refractivity (Wildman–Crippen MR) is 78.1 cm³/mol. The molecule has 0 radical (unpaired) electrons. The highest BCUT2D eigenvalue weighted by molar-refractivity contribution is 5.83. The lowest BCUT2D eigenvalue weighted by molar-refractivity contribution is -0.132. The fourth-order valence-corrected chi connectivity index (χ4v) is 3.16. The first kappa shape index (κ1) is 14.8. The maximum absolute atomic E-state index is 12.4. The Morgan fingerprint density at radius 1 is 1.42 bits per heavy atom. The molecule has 1 saturated heterocycles. The number of hydrogen-bond acceptors (Lipinski definition) is 3. The first-order valence-electron chi connectivity index (χ1n) is 7.95. The van der Waals surface area contributed by atoms with E-state index in [9.17, 15) is 4.79 Å². The van der Waals surface area contributed by atoms with E-state index in [1.165, 1.54) is 12.8 Å². The predicted octanol–water partition coefficient (Wildman–Crippen LogP) is 1.37. The summed E-state index contributed by atoms with van der Waals surface area (Å²) in [4.78, 5) is 14.9. The summed E-state index contributed by atoms with van der Waals surface area (Å²) in [6.45, 7) is 9.13. The molecule has 0 aromatic heterocycles. The van der Waals surface area contributed by atoms with Crippen LogP contribution < -0.4 is 10.6 Å². The Bertz CT molecular complexity index is 296. The quantitative estimate of drug-likeness (QED) is 0.732. The molecule has 4 heteroatoms. The minimum Gasteiger partial charge on any atom is -0.354 e. The summed E-state index contributed by atoms with van der Waals surface area (Å²) in [7, 11) is 0. The van der Waals surface area contributed by atoms with Crippen molar-refractivity contribution in [2.75, 3.05) is 32.7 Å². The minimum atomic E-state index is -0.158. The van der Waals surface area contributed by atoms with Crippen LogP contribution in [0.5, 0.6) is 0 Å². The number of nitrogens with one attached hydrogen (secondary N) is 2. The minimum absolute atomic E-state index is 0.158. The molecule has 2 N–H and O–H groups in total. The second-order valence-corrected chi connectivity index (χ2v) is 6.03. The summed E-state index contributed by atoms with van der Waals surface area (Å²) >= 11 is 0. The Morgan fingerprint density at radius 3 is 2.74 bits per heavy atom. The van der Waals surface area contributed by atoms with Gasteiger partial charge < -0.3 is 10.6 Å².